The molecule has 1 rings (SSSR count). The van der Waals surface area contributed by atoms with Crippen molar-refractivity contribution in [3.05, 3.63) is 41.1 Å². The topological polar surface area (TPSA) is 114 Å². The van der Waals surface area contributed by atoms with Crippen molar-refractivity contribution >= 4 is 11.9 Å². The second kappa shape index (κ2) is 9.33. The van der Waals surface area contributed by atoms with E-state index in [4.69, 9.17) is 4.74 Å². The molecule has 0 spiro atoms. The summed E-state index contributed by atoms with van der Waals surface area (Å²) < 4.78 is 4.78. The number of carbonyl (C=O) groups excluding carboxylic acids is 1. The standard InChI is InChI=1S/C15H21N3O6/c1-4-11(2)13(14(19)20)17(3)18(22)16-24-10-23-15(21)12-8-6-5-7-9-12/h5-9,11,13H,4,10H2,1-3H3,(H,19,20)/b18-16+/t11-,13+/m1/s1. The first-order valence-corrected chi connectivity index (χ1v) is 7.36. The van der Waals surface area contributed by atoms with Gasteiger partial charge in [0.2, 0.25) is 5.28 Å². The number of hydrogen-bond acceptors (Lipinski definition) is 6. The van der Waals surface area contributed by atoms with E-state index in [1.165, 1.54) is 7.05 Å². The zero-order chi connectivity index (χ0) is 18.1. The molecule has 1 aromatic rings. The SMILES string of the molecule is CC[C@@H](C)[C@@H](C(=O)O)N(C)/[N+]([O-])=N\OCOC(=O)c1ccccc1. The van der Waals surface area contributed by atoms with E-state index in [0.717, 1.165) is 5.01 Å². The monoisotopic (exact) mass is 339 g/mol. The first kappa shape index (κ1) is 19.2. The Morgan fingerprint density at radius 2 is 2.00 bits per heavy atom. The van der Waals surface area contributed by atoms with Gasteiger partial charge in [0.1, 0.15) is 0 Å². The zero-order valence-electron chi connectivity index (χ0n) is 13.8. The minimum absolute atomic E-state index is 0.0152. The third-order valence-corrected chi connectivity index (χ3v) is 3.49. The predicted octanol–water partition coefficient (Wildman–Crippen LogP) is 2.04. The molecule has 0 heterocycles. The average Bonchev–Trinajstić information content (AvgIpc) is 2.58. The third kappa shape index (κ3) is 5.41. The largest absolute Gasteiger partial charge is 0.569 e. The van der Waals surface area contributed by atoms with Crippen molar-refractivity contribution in [3.63, 3.8) is 0 Å². The molecule has 0 fully saturated rings. The Morgan fingerprint density at radius 3 is 2.54 bits per heavy atom. The van der Waals surface area contributed by atoms with Gasteiger partial charge in [-0.25, -0.2) is 9.59 Å². The average molecular weight is 339 g/mol. The molecule has 0 aliphatic carbocycles. The van der Waals surface area contributed by atoms with Crippen LogP contribution in [-0.4, -0.2) is 46.9 Å². The first-order chi connectivity index (χ1) is 11.4. The smallest absolute Gasteiger partial charge is 0.341 e. The van der Waals surface area contributed by atoms with Crippen LogP contribution in [0.3, 0.4) is 0 Å². The molecule has 132 valence electrons. The molecule has 0 aliphatic rings. The van der Waals surface area contributed by atoms with E-state index in [2.05, 4.69) is 10.1 Å². The number of esters is 1. The normalized spacial score (nSPS) is 13.7. The van der Waals surface area contributed by atoms with Gasteiger partial charge in [0.15, 0.2) is 6.04 Å². The quantitative estimate of drug-likeness (QED) is 0.183. The van der Waals surface area contributed by atoms with Crippen LogP contribution in [0.5, 0.6) is 0 Å². The summed E-state index contributed by atoms with van der Waals surface area (Å²) in [5.74, 6) is -2.03. The summed E-state index contributed by atoms with van der Waals surface area (Å²) in [4.78, 5) is 27.5. The van der Waals surface area contributed by atoms with Crippen LogP contribution < -0.4 is 0 Å². The third-order valence-electron chi connectivity index (χ3n) is 3.49. The number of carboxylic acid groups (broad SMARTS) is 1. The van der Waals surface area contributed by atoms with E-state index in [1.807, 2.05) is 6.92 Å². The van der Waals surface area contributed by atoms with Crippen molar-refractivity contribution in [1.82, 2.24) is 5.01 Å². The number of likely N-dealkylation sites (N-methyl/N-ethyl adjacent to an activating group) is 1. The maximum atomic E-state index is 11.8. The Bertz CT molecular complexity index is 578. The summed E-state index contributed by atoms with van der Waals surface area (Å²) in [6, 6.07) is 7.19. The lowest BCUT2D eigenvalue weighted by Gasteiger charge is -2.24. The molecule has 0 saturated heterocycles. The molecule has 2 atom stereocenters. The number of carbonyl (C=O) groups is 2. The molecule has 0 amide bonds. The molecule has 9 heteroatoms. The fourth-order valence-electron chi connectivity index (χ4n) is 1.97. The summed E-state index contributed by atoms with van der Waals surface area (Å²) >= 11 is 0. The Hall–Kier alpha value is -2.84. The zero-order valence-corrected chi connectivity index (χ0v) is 13.8. The Balaban J connectivity index is 2.54. The maximum Gasteiger partial charge on any atom is 0.341 e. The van der Waals surface area contributed by atoms with E-state index in [0.29, 0.717) is 12.0 Å². The molecular weight excluding hydrogens is 318 g/mol. The number of nitrogens with zero attached hydrogens (tertiary/aromatic N) is 3. The first-order valence-electron chi connectivity index (χ1n) is 7.36. The van der Waals surface area contributed by atoms with E-state index >= 15 is 0 Å². The highest BCUT2D eigenvalue weighted by Crippen LogP contribution is 2.14. The second-order valence-corrected chi connectivity index (χ2v) is 5.12. The van der Waals surface area contributed by atoms with Gasteiger partial charge in [-0.1, -0.05) is 38.5 Å². The van der Waals surface area contributed by atoms with E-state index in [9.17, 15) is 19.9 Å². The van der Waals surface area contributed by atoms with Crippen LogP contribution in [0.25, 0.3) is 0 Å². The number of ether oxygens (including phenoxy) is 1. The van der Waals surface area contributed by atoms with Gasteiger partial charge in [-0.3, -0.25) is 0 Å². The maximum absolute atomic E-state index is 11.8. The highest BCUT2D eigenvalue weighted by molar-refractivity contribution is 5.89. The molecule has 24 heavy (non-hydrogen) atoms. The lowest BCUT2D eigenvalue weighted by molar-refractivity contribution is -0.712. The number of hydrogen-bond donors (Lipinski definition) is 1. The molecule has 0 saturated carbocycles. The van der Waals surface area contributed by atoms with Gasteiger partial charge in [-0.15, -0.1) is 5.01 Å². The molecule has 1 N–H and O–H groups in total. The van der Waals surface area contributed by atoms with Gasteiger partial charge < -0.3 is 19.9 Å². The van der Waals surface area contributed by atoms with Crippen molar-refractivity contribution in [2.45, 2.75) is 26.3 Å². The van der Waals surface area contributed by atoms with Gasteiger partial charge in [0.25, 0.3) is 6.79 Å². The summed E-state index contributed by atoms with van der Waals surface area (Å²) in [5, 5.41) is 25.0. The van der Waals surface area contributed by atoms with Crippen molar-refractivity contribution in [1.29, 1.82) is 0 Å². The van der Waals surface area contributed by atoms with Gasteiger partial charge in [0, 0.05) is 0 Å². The van der Waals surface area contributed by atoms with Crippen LogP contribution in [0.1, 0.15) is 30.6 Å². The van der Waals surface area contributed by atoms with Crippen molar-refractivity contribution in [3.8, 4) is 0 Å². The van der Waals surface area contributed by atoms with Crippen molar-refractivity contribution in [2.24, 2.45) is 11.2 Å². The minimum atomic E-state index is -1.14. The van der Waals surface area contributed by atoms with Gasteiger partial charge >= 0.3 is 11.9 Å². The van der Waals surface area contributed by atoms with Crippen LogP contribution in [0.4, 0.5) is 0 Å². The number of hydrazine groups is 1. The number of carboxylic acids is 1. The predicted molar refractivity (Wildman–Crippen MR) is 82.5 cm³/mol. The highest BCUT2D eigenvalue weighted by Gasteiger charge is 2.33. The van der Waals surface area contributed by atoms with Crippen LogP contribution in [-0.2, 0) is 14.4 Å². The van der Waals surface area contributed by atoms with Gasteiger partial charge in [0.05, 0.1) is 17.6 Å². The second-order valence-electron chi connectivity index (χ2n) is 5.12. The molecule has 1 aromatic carbocycles. The Labute approximate surface area is 139 Å². The van der Waals surface area contributed by atoms with Crippen LogP contribution in [0, 0.1) is 11.1 Å². The molecule has 0 unspecified atom stereocenters. The minimum Gasteiger partial charge on any atom is -0.569 e. The molecule has 0 aliphatic heterocycles. The number of benzene rings is 1. The van der Waals surface area contributed by atoms with Crippen molar-refractivity contribution < 1.29 is 29.2 Å². The molecule has 0 radical (unpaired) electrons. The van der Waals surface area contributed by atoms with Crippen LogP contribution >= 0.6 is 0 Å². The molecule has 9 nitrogen and oxygen atoms in total. The number of aliphatic carboxylic acids is 1. The lowest BCUT2D eigenvalue weighted by atomic mass is 9.99. The van der Waals surface area contributed by atoms with Crippen LogP contribution in [0.15, 0.2) is 35.6 Å². The fourth-order valence-corrected chi connectivity index (χ4v) is 1.97. The summed E-state index contributed by atoms with van der Waals surface area (Å²) in [6.07, 6.45) is 0.574. The molecule has 0 bridgehead atoms. The van der Waals surface area contributed by atoms with Gasteiger partial charge in [-0.2, -0.15) is 0 Å². The molecule has 0 aromatic heterocycles. The van der Waals surface area contributed by atoms with Crippen molar-refractivity contribution in [2.75, 3.05) is 13.8 Å². The Kier molecular flexibility index (Phi) is 7.47. The van der Waals surface area contributed by atoms with E-state index < -0.39 is 24.8 Å². The lowest BCUT2D eigenvalue weighted by Crippen LogP contribution is -2.46. The fraction of sp³-hybridized carbons (Fsp3) is 0.467. The highest BCUT2D eigenvalue weighted by atomic mass is 16.8. The summed E-state index contributed by atoms with van der Waals surface area (Å²) in [5.41, 5.74) is 0.333. The Morgan fingerprint density at radius 1 is 1.38 bits per heavy atom. The molecular formula is C15H21N3O6. The summed E-state index contributed by atoms with van der Waals surface area (Å²) in [7, 11) is 1.29. The number of rotatable bonds is 9. The van der Waals surface area contributed by atoms with E-state index in [-0.39, 0.29) is 10.9 Å². The van der Waals surface area contributed by atoms with E-state index in [1.54, 1.807) is 37.3 Å². The van der Waals surface area contributed by atoms with Crippen LogP contribution in [0.2, 0.25) is 0 Å². The summed E-state index contributed by atoms with van der Waals surface area (Å²) in [6.45, 7) is 2.97. The van der Waals surface area contributed by atoms with Gasteiger partial charge in [-0.05, 0) is 18.1 Å².